The van der Waals surface area contributed by atoms with Crippen LogP contribution in [0.25, 0.3) is 11.1 Å². The number of carbonyl (C=O) groups is 1. The fourth-order valence-electron chi connectivity index (χ4n) is 4.06. The third-order valence-electron chi connectivity index (χ3n) is 5.39. The Labute approximate surface area is 170 Å². The molecule has 4 aromatic rings. The topological polar surface area (TPSA) is 29.4 Å². The van der Waals surface area contributed by atoms with Crippen LogP contribution in [0.2, 0.25) is 0 Å². The second kappa shape index (κ2) is 7.33. The molecule has 2 nitrogen and oxygen atoms in total. The molecule has 1 aliphatic carbocycles. The van der Waals surface area contributed by atoms with Crippen LogP contribution < -0.4 is 0 Å². The van der Waals surface area contributed by atoms with Crippen molar-refractivity contribution >= 4 is 11.6 Å². The van der Waals surface area contributed by atoms with E-state index in [1.807, 2.05) is 97.1 Å². The molecule has 29 heavy (non-hydrogen) atoms. The molecule has 1 amide bonds. The molecule has 0 fully saturated rings. The van der Waals surface area contributed by atoms with Crippen molar-refractivity contribution < 1.29 is 4.79 Å². The molecule has 0 saturated carbocycles. The Morgan fingerprint density at radius 1 is 0.517 bits per heavy atom. The fourth-order valence-corrected chi connectivity index (χ4v) is 4.06. The van der Waals surface area contributed by atoms with Crippen molar-refractivity contribution in [2.24, 2.45) is 4.99 Å². The number of fused-ring (bicyclic) bond motifs is 3. The maximum Gasteiger partial charge on any atom is 0.258 e. The molecule has 0 N–H and O–H groups in total. The van der Waals surface area contributed by atoms with Gasteiger partial charge in [-0.05, 0) is 22.3 Å². The van der Waals surface area contributed by atoms with Gasteiger partial charge in [-0.2, -0.15) is 0 Å². The normalized spacial score (nSPS) is 11.8. The monoisotopic (exact) mass is 373 g/mol. The molecule has 0 spiro atoms. The van der Waals surface area contributed by atoms with E-state index in [1.54, 1.807) is 0 Å². The van der Waals surface area contributed by atoms with E-state index in [4.69, 9.17) is 0 Å². The first kappa shape index (κ1) is 17.3. The number of nitrogens with zero attached hydrogens (tertiary/aromatic N) is 1. The van der Waals surface area contributed by atoms with Crippen molar-refractivity contribution in [2.75, 3.05) is 0 Å². The highest BCUT2D eigenvalue weighted by atomic mass is 16.1. The standard InChI is InChI=1S/C27H19NO/c29-27(25(19-11-3-1-4-12-19)20-13-5-2-6-14-20)28-26-23-17-9-7-15-21(23)22-16-8-10-18-24(22)26/h1-18,25H. The van der Waals surface area contributed by atoms with E-state index in [0.717, 1.165) is 39.1 Å². The van der Waals surface area contributed by atoms with E-state index in [2.05, 4.69) is 17.1 Å². The molecule has 138 valence electrons. The molecular formula is C27H19NO. The van der Waals surface area contributed by atoms with Gasteiger partial charge in [0.05, 0.1) is 11.6 Å². The third kappa shape index (κ3) is 3.09. The van der Waals surface area contributed by atoms with E-state index in [1.165, 1.54) is 0 Å². The highest BCUT2D eigenvalue weighted by Gasteiger charge is 2.28. The molecule has 0 radical (unpaired) electrons. The zero-order valence-electron chi connectivity index (χ0n) is 15.8. The van der Waals surface area contributed by atoms with Crippen LogP contribution >= 0.6 is 0 Å². The summed E-state index contributed by atoms with van der Waals surface area (Å²) in [6.07, 6.45) is 0. The summed E-state index contributed by atoms with van der Waals surface area (Å²) in [5, 5.41) is 0. The summed E-state index contributed by atoms with van der Waals surface area (Å²) in [4.78, 5) is 18.2. The Kier molecular flexibility index (Phi) is 4.38. The van der Waals surface area contributed by atoms with Crippen LogP contribution in [0, 0.1) is 0 Å². The average Bonchev–Trinajstić information content (AvgIpc) is 3.09. The molecule has 0 saturated heterocycles. The number of rotatable bonds is 3. The van der Waals surface area contributed by atoms with E-state index in [9.17, 15) is 4.79 Å². The maximum absolute atomic E-state index is 13.5. The first-order chi connectivity index (χ1) is 14.3. The minimum atomic E-state index is -0.426. The summed E-state index contributed by atoms with van der Waals surface area (Å²) in [5.74, 6) is -0.575. The SMILES string of the molecule is O=C(N=C1c2ccccc2-c2ccccc21)C(c1ccccc1)c1ccccc1. The summed E-state index contributed by atoms with van der Waals surface area (Å²) in [7, 11) is 0. The Balaban J connectivity index is 1.65. The van der Waals surface area contributed by atoms with Crippen molar-refractivity contribution in [1.29, 1.82) is 0 Å². The van der Waals surface area contributed by atoms with E-state index >= 15 is 0 Å². The minimum Gasteiger partial charge on any atom is -0.271 e. The van der Waals surface area contributed by atoms with Gasteiger partial charge in [0.15, 0.2) is 0 Å². The zero-order valence-corrected chi connectivity index (χ0v) is 15.8. The number of carbonyl (C=O) groups excluding carboxylic acids is 1. The number of benzene rings is 4. The van der Waals surface area contributed by atoms with Crippen LogP contribution in [0.4, 0.5) is 0 Å². The Bertz CT molecular complexity index is 1120. The van der Waals surface area contributed by atoms with Gasteiger partial charge in [-0.1, -0.05) is 109 Å². The van der Waals surface area contributed by atoms with Crippen LogP contribution in [-0.4, -0.2) is 11.6 Å². The molecule has 2 heteroatoms. The van der Waals surface area contributed by atoms with E-state index in [-0.39, 0.29) is 5.91 Å². The average molecular weight is 373 g/mol. The lowest BCUT2D eigenvalue weighted by Crippen LogP contribution is -2.14. The quantitative estimate of drug-likeness (QED) is 0.389. The second-order valence-corrected chi connectivity index (χ2v) is 7.14. The lowest BCUT2D eigenvalue weighted by molar-refractivity contribution is -0.118. The van der Waals surface area contributed by atoms with Gasteiger partial charge in [0.1, 0.15) is 0 Å². The van der Waals surface area contributed by atoms with Crippen LogP contribution in [0.15, 0.2) is 114 Å². The molecule has 0 bridgehead atoms. The molecule has 0 aliphatic heterocycles. The zero-order chi connectivity index (χ0) is 19.6. The predicted octanol–water partition coefficient (Wildman–Crippen LogP) is 5.86. The molecule has 0 heterocycles. The molecule has 0 unspecified atom stereocenters. The highest BCUT2D eigenvalue weighted by Crippen LogP contribution is 2.37. The van der Waals surface area contributed by atoms with Crippen LogP contribution in [0.3, 0.4) is 0 Å². The summed E-state index contributed by atoms with van der Waals surface area (Å²) in [6, 6.07) is 36.1. The summed E-state index contributed by atoms with van der Waals surface area (Å²) in [6.45, 7) is 0. The molecular weight excluding hydrogens is 354 g/mol. The maximum atomic E-state index is 13.5. The highest BCUT2D eigenvalue weighted by molar-refractivity contribution is 6.27. The van der Waals surface area contributed by atoms with Crippen molar-refractivity contribution in [3.63, 3.8) is 0 Å². The van der Waals surface area contributed by atoms with Crippen molar-refractivity contribution in [3.05, 3.63) is 131 Å². The van der Waals surface area contributed by atoms with Gasteiger partial charge in [-0.15, -0.1) is 0 Å². The molecule has 0 atom stereocenters. The third-order valence-corrected chi connectivity index (χ3v) is 5.39. The Hall–Kier alpha value is -3.78. The molecule has 4 aromatic carbocycles. The molecule has 1 aliphatic rings. The van der Waals surface area contributed by atoms with Gasteiger partial charge in [0, 0.05) is 11.1 Å². The van der Waals surface area contributed by atoms with E-state index < -0.39 is 5.92 Å². The van der Waals surface area contributed by atoms with Gasteiger partial charge in [0.25, 0.3) is 5.91 Å². The van der Waals surface area contributed by atoms with E-state index in [0.29, 0.717) is 0 Å². The van der Waals surface area contributed by atoms with Crippen molar-refractivity contribution in [3.8, 4) is 11.1 Å². The van der Waals surface area contributed by atoms with Gasteiger partial charge in [-0.3, -0.25) is 4.79 Å². The first-order valence-electron chi connectivity index (χ1n) is 9.74. The Morgan fingerprint density at radius 3 is 1.34 bits per heavy atom. The minimum absolute atomic E-state index is 0.149. The van der Waals surface area contributed by atoms with Crippen LogP contribution in [0.1, 0.15) is 28.2 Å². The number of hydrogen-bond donors (Lipinski definition) is 0. The Morgan fingerprint density at radius 2 is 0.897 bits per heavy atom. The predicted molar refractivity (Wildman–Crippen MR) is 117 cm³/mol. The summed E-state index contributed by atoms with van der Waals surface area (Å²) in [5.41, 5.74) is 6.96. The molecule has 5 rings (SSSR count). The van der Waals surface area contributed by atoms with Gasteiger partial charge < -0.3 is 0 Å². The van der Waals surface area contributed by atoms with Gasteiger partial charge in [-0.25, -0.2) is 4.99 Å². The van der Waals surface area contributed by atoms with Gasteiger partial charge >= 0.3 is 0 Å². The van der Waals surface area contributed by atoms with Crippen LogP contribution in [0.5, 0.6) is 0 Å². The number of amides is 1. The number of aliphatic imine (C=N–C) groups is 1. The lowest BCUT2D eigenvalue weighted by atomic mass is 9.90. The summed E-state index contributed by atoms with van der Waals surface area (Å²) >= 11 is 0. The first-order valence-corrected chi connectivity index (χ1v) is 9.74. The second-order valence-electron chi connectivity index (χ2n) is 7.14. The van der Waals surface area contributed by atoms with Gasteiger partial charge in [0.2, 0.25) is 0 Å². The summed E-state index contributed by atoms with van der Waals surface area (Å²) < 4.78 is 0. The lowest BCUT2D eigenvalue weighted by Gasteiger charge is -2.15. The number of hydrogen-bond acceptors (Lipinski definition) is 1. The van der Waals surface area contributed by atoms with Crippen LogP contribution in [-0.2, 0) is 4.79 Å². The van der Waals surface area contributed by atoms with Crippen molar-refractivity contribution in [2.45, 2.75) is 5.92 Å². The fraction of sp³-hybridized carbons (Fsp3) is 0.0370. The largest absolute Gasteiger partial charge is 0.271 e. The smallest absolute Gasteiger partial charge is 0.258 e. The van der Waals surface area contributed by atoms with Crippen molar-refractivity contribution in [1.82, 2.24) is 0 Å². The molecule has 0 aromatic heterocycles.